The zero-order valence-corrected chi connectivity index (χ0v) is 11.2. The number of hydrogen-bond donors (Lipinski definition) is 1. The van der Waals surface area contributed by atoms with Crippen molar-refractivity contribution in [2.75, 3.05) is 11.4 Å². The third kappa shape index (κ3) is 3.15. The number of carboxylic acid groups (broad SMARTS) is 1. The molecule has 0 bridgehead atoms. The van der Waals surface area contributed by atoms with Crippen LogP contribution in [0.2, 0.25) is 0 Å². The first-order chi connectivity index (χ1) is 9.61. The predicted molar refractivity (Wildman–Crippen MR) is 76.5 cm³/mol. The first-order valence-corrected chi connectivity index (χ1v) is 6.43. The summed E-state index contributed by atoms with van der Waals surface area (Å²) >= 11 is 0. The normalized spacial score (nSPS) is 10.3. The summed E-state index contributed by atoms with van der Waals surface area (Å²) in [6.45, 7) is 3.35. The highest BCUT2D eigenvalue weighted by molar-refractivity contribution is 5.88. The van der Waals surface area contributed by atoms with Crippen molar-refractivity contribution in [3.8, 4) is 0 Å². The molecule has 0 fully saturated rings. The van der Waals surface area contributed by atoms with Crippen molar-refractivity contribution in [1.82, 2.24) is 0 Å². The van der Waals surface area contributed by atoms with Crippen LogP contribution in [0.5, 0.6) is 0 Å². The van der Waals surface area contributed by atoms with Crippen LogP contribution in [0.4, 0.5) is 10.1 Å². The van der Waals surface area contributed by atoms with E-state index in [1.54, 1.807) is 6.07 Å². The smallest absolute Gasteiger partial charge is 0.338 e. The standard InChI is InChI=1S/C16H16FNO2/c1-2-18(13-6-4-3-5-7-13)11-12-8-9-15(17)14(10-12)16(19)20/h3-10H,2,11H2,1H3,(H,19,20). The lowest BCUT2D eigenvalue weighted by Gasteiger charge is -2.23. The van der Waals surface area contributed by atoms with Gasteiger partial charge in [-0.05, 0) is 36.8 Å². The molecule has 1 N–H and O–H groups in total. The molecule has 4 heteroatoms. The highest BCUT2D eigenvalue weighted by Crippen LogP contribution is 2.18. The summed E-state index contributed by atoms with van der Waals surface area (Å²) < 4.78 is 13.4. The van der Waals surface area contributed by atoms with Gasteiger partial charge in [0.1, 0.15) is 5.82 Å². The van der Waals surface area contributed by atoms with Crippen molar-refractivity contribution in [2.45, 2.75) is 13.5 Å². The molecular formula is C16H16FNO2. The molecular weight excluding hydrogens is 257 g/mol. The fraction of sp³-hybridized carbons (Fsp3) is 0.188. The van der Waals surface area contributed by atoms with Gasteiger partial charge >= 0.3 is 5.97 Å². The minimum atomic E-state index is -1.24. The van der Waals surface area contributed by atoms with Gasteiger partial charge in [-0.2, -0.15) is 0 Å². The largest absolute Gasteiger partial charge is 0.478 e. The van der Waals surface area contributed by atoms with Crippen molar-refractivity contribution >= 4 is 11.7 Å². The molecule has 2 aromatic carbocycles. The van der Waals surface area contributed by atoms with Crippen LogP contribution in [0.25, 0.3) is 0 Å². The number of rotatable bonds is 5. The summed E-state index contributed by atoms with van der Waals surface area (Å²) in [5.74, 6) is -1.95. The van der Waals surface area contributed by atoms with Gasteiger partial charge in [-0.25, -0.2) is 9.18 Å². The van der Waals surface area contributed by atoms with E-state index in [-0.39, 0.29) is 5.56 Å². The Hall–Kier alpha value is -2.36. The van der Waals surface area contributed by atoms with E-state index in [4.69, 9.17) is 5.11 Å². The maximum absolute atomic E-state index is 13.4. The number of aromatic carboxylic acids is 1. The average Bonchev–Trinajstić information content (AvgIpc) is 2.47. The van der Waals surface area contributed by atoms with E-state index in [1.807, 2.05) is 37.3 Å². The van der Waals surface area contributed by atoms with Gasteiger partial charge in [0.05, 0.1) is 5.56 Å². The molecule has 2 rings (SSSR count). The fourth-order valence-corrected chi connectivity index (χ4v) is 2.08. The van der Waals surface area contributed by atoms with Crippen LogP contribution in [-0.2, 0) is 6.54 Å². The lowest BCUT2D eigenvalue weighted by molar-refractivity contribution is 0.0691. The van der Waals surface area contributed by atoms with Crippen LogP contribution >= 0.6 is 0 Å². The third-order valence-corrected chi connectivity index (χ3v) is 3.14. The van der Waals surface area contributed by atoms with Crippen molar-refractivity contribution in [1.29, 1.82) is 0 Å². The number of halogens is 1. The molecule has 0 saturated carbocycles. The van der Waals surface area contributed by atoms with Gasteiger partial charge in [0.2, 0.25) is 0 Å². The van der Waals surface area contributed by atoms with Gasteiger partial charge in [0.25, 0.3) is 0 Å². The molecule has 0 aliphatic carbocycles. The minimum Gasteiger partial charge on any atom is -0.478 e. The van der Waals surface area contributed by atoms with Crippen molar-refractivity contribution in [3.63, 3.8) is 0 Å². The van der Waals surface area contributed by atoms with Crippen LogP contribution in [0, 0.1) is 5.82 Å². The van der Waals surface area contributed by atoms with Crippen LogP contribution in [0.3, 0.4) is 0 Å². The number of nitrogens with zero attached hydrogens (tertiary/aromatic N) is 1. The Kier molecular flexibility index (Phi) is 4.35. The zero-order valence-electron chi connectivity index (χ0n) is 11.2. The maximum atomic E-state index is 13.4. The minimum absolute atomic E-state index is 0.286. The number of carbonyl (C=O) groups is 1. The maximum Gasteiger partial charge on any atom is 0.338 e. The summed E-state index contributed by atoms with van der Waals surface area (Å²) in [6.07, 6.45) is 0. The molecule has 0 unspecified atom stereocenters. The molecule has 0 atom stereocenters. The molecule has 104 valence electrons. The molecule has 20 heavy (non-hydrogen) atoms. The van der Waals surface area contributed by atoms with Crippen LogP contribution in [-0.4, -0.2) is 17.6 Å². The molecule has 0 aromatic heterocycles. The second-order valence-electron chi connectivity index (χ2n) is 4.47. The number of anilines is 1. The summed E-state index contributed by atoms with van der Waals surface area (Å²) in [5, 5.41) is 8.94. The second-order valence-corrected chi connectivity index (χ2v) is 4.47. The van der Waals surface area contributed by atoms with E-state index in [2.05, 4.69) is 4.90 Å². The summed E-state index contributed by atoms with van der Waals surface area (Å²) in [4.78, 5) is 13.0. The van der Waals surface area contributed by atoms with Gasteiger partial charge in [0, 0.05) is 18.8 Å². The Balaban J connectivity index is 2.24. The highest BCUT2D eigenvalue weighted by atomic mass is 19.1. The SMILES string of the molecule is CCN(Cc1ccc(F)c(C(=O)O)c1)c1ccccc1. The summed E-state index contributed by atoms with van der Waals surface area (Å²) in [5.41, 5.74) is 1.54. The Morgan fingerprint density at radius 1 is 1.20 bits per heavy atom. The number of carboxylic acids is 1. The van der Waals surface area contributed by atoms with Gasteiger partial charge in [-0.1, -0.05) is 24.3 Å². The van der Waals surface area contributed by atoms with E-state index < -0.39 is 11.8 Å². The number of para-hydroxylation sites is 1. The first-order valence-electron chi connectivity index (χ1n) is 6.43. The third-order valence-electron chi connectivity index (χ3n) is 3.14. The van der Waals surface area contributed by atoms with Gasteiger partial charge in [-0.3, -0.25) is 0 Å². The van der Waals surface area contributed by atoms with Crippen LogP contribution in [0.15, 0.2) is 48.5 Å². The molecule has 0 radical (unpaired) electrons. The molecule has 0 heterocycles. The Morgan fingerprint density at radius 2 is 1.90 bits per heavy atom. The predicted octanol–water partition coefficient (Wildman–Crippen LogP) is 3.55. The van der Waals surface area contributed by atoms with Crippen molar-refractivity contribution < 1.29 is 14.3 Å². The van der Waals surface area contributed by atoms with Crippen LogP contribution < -0.4 is 4.90 Å². The zero-order chi connectivity index (χ0) is 14.5. The summed E-state index contributed by atoms with van der Waals surface area (Å²) in [7, 11) is 0. The number of hydrogen-bond acceptors (Lipinski definition) is 2. The molecule has 2 aromatic rings. The first kappa shape index (κ1) is 14.1. The topological polar surface area (TPSA) is 40.5 Å². The van der Waals surface area contributed by atoms with E-state index in [0.717, 1.165) is 17.8 Å². The van der Waals surface area contributed by atoms with Crippen LogP contribution in [0.1, 0.15) is 22.8 Å². The molecule has 0 amide bonds. The molecule has 0 spiro atoms. The fourth-order valence-electron chi connectivity index (χ4n) is 2.08. The Bertz CT molecular complexity index is 599. The van der Waals surface area contributed by atoms with Crippen molar-refractivity contribution in [2.24, 2.45) is 0 Å². The molecule has 0 aliphatic heterocycles. The highest BCUT2D eigenvalue weighted by Gasteiger charge is 2.12. The monoisotopic (exact) mass is 273 g/mol. The average molecular weight is 273 g/mol. The summed E-state index contributed by atoms with van der Waals surface area (Å²) in [6, 6.07) is 14.0. The molecule has 0 aliphatic rings. The molecule has 0 saturated heterocycles. The number of benzene rings is 2. The van der Waals surface area contributed by atoms with E-state index in [0.29, 0.717) is 6.54 Å². The lowest BCUT2D eigenvalue weighted by Crippen LogP contribution is -2.22. The van der Waals surface area contributed by atoms with Crippen molar-refractivity contribution in [3.05, 3.63) is 65.5 Å². The van der Waals surface area contributed by atoms with Gasteiger partial charge in [0.15, 0.2) is 0 Å². The van der Waals surface area contributed by atoms with E-state index in [9.17, 15) is 9.18 Å². The Morgan fingerprint density at radius 3 is 2.50 bits per heavy atom. The van der Waals surface area contributed by atoms with Gasteiger partial charge in [-0.15, -0.1) is 0 Å². The van der Waals surface area contributed by atoms with Gasteiger partial charge < -0.3 is 10.0 Å². The molecule has 3 nitrogen and oxygen atoms in total. The second kappa shape index (κ2) is 6.19. The lowest BCUT2D eigenvalue weighted by atomic mass is 10.1. The van der Waals surface area contributed by atoms with E-state index >= 15 is 0 Å². The quantitative estimate of drug-likeness (QED) is 0.905. The van der Waals surface area contributed by atoms with E-state index in [1.165, 1.54) is 12.1 Å². The Labute approximate surface area is 117 Å².